The van der Waals surface area contributed by atoms with E-state index in [-0.39, 0.29) is 17.3 Å². The molecule has 0 unspecified atom stereocenters. The number of nitrogens with zero attached hydrogens (tertiary/aromatic N) is 1. The molecule has 0 aliphatic heterocycles. The van der Waals surface area contributed by atoms with Gasteiger partial charge in [0.25, 0.3) is 6.01 Å². The van der Waals surface area contributed by atoms with Crippen LogP contribution in [-0.4, -0.2) is 4.98 Å². The SMILES string of the molecule is Nc1ncc(-c2cc(F)c(F)c(F)c2)o1. The Balaban J connectivity index is 2.55. The molecule has 0 radical (unpaired) electrons. The second-order valence-corrected chi connectivity index (χ2v) is 2.82. The third kappa shape index (κ3) is 1.65. The third-order valence-electron chi connectivity index (χ3n) is 1.79. The van der Waals surface area contributed by atoms with Crippen LogP contribution in [-0.2, 0) is 0 Å². The second-order valence-electron chi connectivity index (χ2n) is 2.82. The van der Waals surface area contributed by atoms with Gasteiger partial charge in [0.05, 0.1) is 6.20 Å². The van der Waals surface area contributed by atoms with Gasteiger partial charge in [0.2, 0.25) is 0 Å². The molecule has 78 valence electrons. The van der Waals surface area contributed by atoms with Crippen LogP contribution in [0.3, 0.4) is 0 Å². The number of hydrogen-bond acceptors (Lipinski definition) is 3. The van der Waals surface area contributed by atoms with Crippen LogP contribution < -0.4 is 5.73 Å². The van der Waals surface area contributed by atoms with Crippen LogP contribution in [0, 0.1) is 17.5 Å². The number of nitrogen functional groups attached to an aromatic ring is 1. The molecular weight excluding hydrogens is 209 g/mol. The summed E-state index contributed by atoms with van der Waals surface area (Å²) in [6.45, 7) is 0. The molecule has 0 aliphatic carbocycles. The Kier molecular flexibility index (Phi) is 2.11. The van der Waals surface area contributed by atoms with Gasteiger partial charge in [-0.2, -0.15) is 0 Å². The Bertz CT molecular complexity index is 487. The Morgan fingerprint density at radius 1 is 1.13 bits per heavy atom. The topological polar surface area (TPSA) is 52.0 Å². The zero-order valence-corrected chi connectivity index (χ0v) is 7.30. The molecule has 1 heterocycles. The fourth-order valence-electron chi connectivity index (χ4n) is 1.12. The highest BCUT2D eigenvalue weighted by molar-refractivity contribution is 5.57. The molecular formula is C9H5F3N2O. The van der Waals surface area contributed by atoms with E-state index in [0.717, 1.165) is 12.1 Å². The Labute approximate surface area is 82.3 Å². The van der Waals surface area contributed by atoms with Crippen molar-refractivity contribution in [3.8, 4) is 11.3 Å². The standard InChI is InChI=1S/C9H5F3N2O/c10-5-1-4(2-6(11)8(5)12)7-3-14-9(13)15-7/h1-3H,(H2,13,14). The first-order valence-electron chi connectivity index (χ1n) is 3.94. The molecule has 15 heavy (non-hydrogen) atoms. The summed E-state index contributed by atoms with van der Waals surface area (Å²) < 4.78 is 43.1. The molecule has 0 amide bonds. The van der Waals surface area contributed by atoms with Gasteiger partial charge in [0.15, 0.2) is 23.2 Å². The summed E-state index contributed by atoms with van der Waals surface area (Å²) >= 11 is 0. The Hall–Kier alpha value is -1.98. The van der Waals surface area contributed by atoms with Crippen molar-refractivity contribution in [3.05, 3.63) is 35.8 Å². The summed E-state index contributed by atoms with van der Waals surface area (Å²) in [4.78, 5) is 3.55. The van der Waals surface area contributed by atoms with Gasteiger partial charge in [-0.05, 0) is 12.1 Å². The molecule has 3 nitrogen and oxygen atoms in total. The fourth-order valence-corrected chi connectivity index (χ4v) is 1.12. The molecule has 1 aromatic carbocycles. The van der Waals surface area contributed by atoms with Crippen molar-refractivity contribution in [2.24, 2.45) is 0 Å². The van der Waals surface area contributed by atoms with Gasteiger partial charge < -0.3 is 10.2 Å². The first-order valence-corrected chi connectivity index (χ1v) is 3.94. The van der Waals surface area contributed by atoms with Crippen LogP contribution in [0.25, 0.3) is 11.3 Å². The third-order valence-corrected chi connectivity index (χ3v) is 1.79. The van der Waals surface area contributed by atoms with E-state index < -0.39 is 17.5 Å². The maximum absolute atomic E-state index is 12.8. The normalized spacial score (nSPS) is 10.6. The summed E-state index contributed by atoms with van der Waals surface area (Å²) in [6, 6.07) is 1.48. The number of hydrogen-bond donors (Lipinski definition) is 1. The summed E-state index contributed by atoms with van der Waals surface area (Å²) in [5, 5.41) is 0. The molecule has 0 bridgehead atoms. The van der Waals surface area contributed by atoms with E-state index in [1.54, 1.807) is 0 Å². The van der Waals surface area contributed by atoms with E-state index in [4.69, 9.17) is 10.2 Å². The minimum atomic E-state index is -1.52. The maximum Gasteiger partial charge on any atom is 0.292 e. The lowest BCUT2D eigenvalue weighted by Crippen LogP contribution is -1.91. The van der Waals surface area contributed by atoms with Crippen molar-refractivity contribution < 1.29 is 17.6 Å². The van der Waals surface area contributed by atoms with Crippen LogP contribution in [0.5, 0.6) is 0 Å². The molecule has 6 heteroatoms. The molecule has 2 N–H and O–H groups in total. The summed E-state index contributed by atoms with van der Waals surface area (Å²) in [6.07, 6.45) is 1.20. The molecule has 0 aliphatic rings. The van der Waals surface area contributed by atoms with E-state index in [1.807, 2.05) is 0 Å². The van der Waals surface area contributed by atoms with E-state index in [9.17, 15) is 13.2 Å². The van der Waals surface area contributed by atoms with E-state index in [0.29, 0.717) is 0 Å². The van der Waals surface area contributed by atoms with Crippen molar-refractivity contribution in [2.45, 2.75) is 0 Å². The van der Waals surface area contributed by atoms with Gasteiger partial charge in [-0.3, -0.25) is 0 Å². The van der Waals surface area contributed by atoms with E-state index >= 15 is 0 Å². The lowest BCUT2D eigenvalue weighted by Gasteiger charge is -1.99. The van der Waals surface area contributed by atoms with Gasteiger partial charge in [0.1, 0.15) is 0 Å². The van der Waals surface area contributed by atoms with E-state index in [2.05, 4.69) is 4.98 Å². The summed E-state index contributed by atoms with van der Waals surface area (Å²) in [5.41, 5.74) is 5.22. The molecule has 0 fully saturated rings. The van der Waals surface area contributed by atoms with Gasteiger partial charge >= 0.3 is 0 Å². The summed E-state index contributed by atoms with van der Waals surface area (Å²) in [7, 11) is 0. The number of rotatable bonds is 1. The number of nitrogens with two attached hydrogens (primary N) is 1. The molecule has 2 aromatic rings. The average Bonchev–Trinajstić information content (AvgIpc) is 2.60. The van der Waals surface area contributed by atoms with Crippen LogP contribution in [0.1, 0.15) is 0 Å². The number of aromatic nitrogens is 1. The highest BCUT2D eigenvalue weighted by Gasteiger charge is 2.13. The second kappa shape index (κ2) is 3.30. The predicted molar refractivity (Wildman–Crippen MR) is 46.2 cm³/mol. The number of anilines is 1. The highest BCUT2D eigenvalue weighted by Crippen LogP contribution is 2.24. The highest BCUT2D eigenvalue weighted by atomic mass is 19.2. The van der Waals surface area contributed by atoms with Crippen LogP contribution in [0.4, 0.5) is 19.2 Å². The lowest BCUT2D eigenvalue weighted by atomic mass is 10.1. The molecule has 1 aromatic heterocycles. The average molecular weight is 214 g/mol. The number of benzene rings is 1. The van der Waals surface area contributed by atoms with Crippen molar-refractivity contribution in [2.75, 3.05) is 5.73 Å². The summed E-state index contributed by atoms with van der Waals surface area (Å²) in [5.74, 6) is -4.03. The van der Waals surface area contributed by atoms with Crippen LogP contribution >= 0.6 is 0 Å². The minimum absolute atomic E-state index is 0.0376. The maximum atomic E-state index is 12.8. The number of halogens is 3. The smallest absolute Gasteiger partial charge is 0.292 e. The van der Waals surface area contributed by atoms with Crippen molar-refractivity contribution in [3.63, 3.8) is 0 Å². The zero-order chi connectivity index (χ0) is 11.0. The first kappa shape index (κ1) is 9.57. The van der Waals surface area contributed by atoms with Gasteiger partial charge in [-0.1, -0.05) is 0 Å². The van der Waals surface area contributed by atoms with Crippen molar-refractivity contribution >= 4 is 6.01 Å². The molecule has 0 atom stereocenters. The molecule has 0 spiro atoms. The number of oxazole rings is 1. The quantitative estimate of drug-likeness (QED) is 0.741. The Morgan fingerprint density at radius 2 is 1.73 bits per heavy atom. The van der Waals surface area contributed by atoms with Crippen molar-refractivity contribution in [1.29, 1.82) is 0 Å². The van der Waals surface area contributed by atoms with Crippen molar-refractivity contribution in [1.82, 2.24) is 4.98 Å². The fraction of sp³-hybridized carbons (Fsp3) is 0. The van der Waals surface area contributed by atoms with E-state index in [1.165, 1.54) is 6.20 Å². The van der Waals surface area contributed by atoms with Crippen LogP contribution in [0.15, 0.2) is 22.7 Å². The zero-order valence-electron chi connectivity index (χ0n) is 7.30. The largest absolute Gasteiger partial charge is 0.424 e. The van der Waals surface area contributed by atoms with Gasteiger partial charge in [-0.25, -0.2) is 18.2 Å². The molecule has 0 saturated heterocycles. The minimum Gasteiger partial charge on any atom is -0.424 e. The predicted octanol–water partition coefficient (Wildman–Crippen LogP) is 2.34. The molecule has 2 rings (SSSR count). The molecule has 0 saturated carbocycles. The Morgan fingerprint density at radius 3 is 2.20 bits per heavy atom. The van der Waals surface area contributed by atoms with Gasteiger partial charge in [-0.15, -0.1) is 0 Å². The van der Waals surface area contributed by atoms with Gasteiger partial charge in [0, 0.05) is 5.56 Å². The first-order chi connectivity index (χ1) is 7.08. The van der Waals surface area contributed by atoms with Crippen LogP contribution in [0.2, 0.25) is 0 Å². The monoisotopic (exact) mass is 214 g/mol. The lowest BCUT2D eigenvalue weighted by molar-refractivity contribution is 0.447.